The largest absolute Gasteiger partial charge is 0.319 e. The summed E-state index contributed by atoms with van der Waals surface area (Å²) in [5.41, 5.74) is 2.52. The van der Waals surface area contributed by atoms with Gasteiger partial charge in [-0.05, 0) is 37.5 Å². The molecule has 3 rings (SSSR count). The van der Waals surface area contributed by atoms with Crippen molar-refractivity contribution in [2.75, 3.05) is 16.8 Å². The monoisotopic (exact) mass is 397 g/mol. The summed E-state index contributed by atoms with van der Waals surface area (Å²) in [6.07, 6.45) is 0.682. The zero-order valence-corrected chi connectivity index (χ0v) is 16.2. The topological polar surface area (TPSA) is 95.9 Å². The number of amides is 2. The first-order valence-corrected chi connectivity index (χ1v) is 10.5. The van der Waals surface area contributed by atoms with Crippen LogP contribution in [0.4, 0.5) is 5.69 Å². The molecule has 2 aliphatic heterocycles. The number of nitrogens with zero attached hydrogens (tertiary/aromatic N) is 2. The number of benzene rings is 1. The van der Waals surface area contributed by atoms with Crippen molar-refractivity contribution in [1.82, 2.24) is 5.01 Å². The van der Waals surface area contributed by atoms with E-state index in [1.165, 1.54) is 5.01 Å². The van der Waals surface area contributed by atoms with Gasteiger partial charge in [0.15, 0.2) is 9.84 Å². The van der Waals surface area contributed by atoms with Crippen LogP contribution in [0, 0.1) is 13.8 Å². The third-order valence-corrected chi connectivity index (χ3v) is 6.59. The predicted molar refractivity (Wildman–Crippen MR) is 100 cm³/mol. The van der Waals surface area contributed by atoms with E-state index >= 15 is 0 Å². The first-order chi connectivity index (χ1) is 12.2. The summed E-state index contributed by atoms with van der Waals surface area (Å²) in [6.45, 7) is 3.76. The normalized spacial score (nSPS) is 22.3. The van der Waals surface area contributed by atoms with Crippen molar-refractivity contribution < 1.29 is 18.0 Å². The first-order valence-electron chi connectivity index (χ1n) is 8.34. The number of carbonyl (C=O) groups excluding carboxylic acids is 2. The zero-order chi connectivity index (χ0) is 19.1. The molecule has 0 spiro atoms. The molecule has 0 aliphatic carbocycles. The number of sulfone groups is 1. The van der Waals surface area contributed by atoms with Gasteiger partial charge in [-0.15, -0.1) is 0 Å². The Hall–Kier alpha value is -1.93. The lowest BCUT2D eigenvalue weighted by Crippen LogP contribution is -2.42. The summed E-state index contributed by atoms with van der Waals surface area (Å²) in [5, 5.41) is 8.53. The van der Waals surface area contributed by atoms with E-state index in [9.17, 15) is 18.0 Å². The molecular weight excluding hydrogens is 378 g/mol. The van der Waals surface area contributed by atoms with Gasteiger partial charge >= 0.3 is 0 Å². The molecule has 1 aromatic carbocycles. The summed E-state index contributed by atoms with van der Waals surface area (Å²) in [6, 6.07) is 3.16. The summed E-state index contributed by atoms with van der Waals surface area (Å²) < 4.78 is 23.3. The second kappa shape index (κ2) is 7.00. The van der Waals surface area contributed by atoms with Crippen molar-refractivity contribution >= 4 is 44.7 Å². The molecule has 1 atom stereocenters. The van der Waals surface area contributed by atoms with Crippen LogP contribution in [0.15, 0.2) is 17.2 Å². The summed E-state index contributed by atoms with van der Waals surface area (Å²) in [5.74, 6) is -0.762. The number of hydrogen-bond acceptors (Lipinski definition) is 5. The Labute approximate surface area is 157 Å². The van der Waals surface area contributed by atoms with Crippen molar-refractivity contribution in [2.45, 2.75) is 39.2 Å². The van der Waals surface area contributed by atoms with Gasteiger partial charge in [-0.3, -0.25) is 9.59 Å². The molecule has 0 bridgehead atoms. The molecule has 0 aromatic heterocycles. The van der Waals surface area contributed by atoms with E-state index in [0.717, 1.165) is 11.1 Å². The maximum atomic E-state index is 12.6. The minimum Gasteiger partial charge on any atom is -0.319 e. The minimum atomic E-state index is -3.15. The van der Waals surface area contributed by atoms with Gasteiger partial charge in [-0.2, -0.15) is 5.10 Å². The molecule has 2 aliphatic rings. The van der Waals surface area contributed by atoms with Crippen LogP contribution in [0.2, 0.25) is 5.02 Å². The molecule has 1 fully saturated rings. The second-order valence-electron chi connectivity index (χ2n) is 6.73. The van der Waals surface area contributed by atoms with Crippen molar-refractivity contribution in [3.8, 4) is 0 Å². The van der Waals surface area contributed by atoms with Crippen LogP contribution < -0.4 is 5.32 Å². The Kier molecular flexibility index (Phi) is 5.07. The quantitative estimate of drug-likeness (QED) is 0.844. The number of hydrogen-bond donors (Lipinski definition) is 1. The van der Waals surface area contributed by atoms with Gasteiger partial charge in [-0.1, -0.05) is 17.7 Å². The van der Waals surface area contributed by atoms with Crippen LogP contribution in [0.5, 0.6) is 0 Å². The molecule has 1 N–H and O–H groups in total. The van der Waals surface area contributed by atoms with E-state index in [1.54, 1.807) is 6.07 Å². The van der Waals surface area contributed by atoms with Crippen LogP contribution in [0.1, 0.15) is 30.4 Å². The fraction of sp³-hybridized carbons (Fsp3) is 0.471. The van der Waals surface area contributed by atoms with Gasteiger partial charge in [0.1, 0.15) is 5.71 Å². The number of anilines is 1. The molecule has 9 heteroatoms. The zero-order valence-electron chi connectivity index (χ0n) is 14.6. The number of nitrogens with one attached hydrogen (secondary N) is 1. The predicted octanol–water partition coefficient (Wildman–Crippen LogP) is 2.06. The third-order valence-electron chi connectivity index (χ3n) is 4.55. The Balaban J connectivity index is 1.81. The molecule has 2 heterocycles. The second-order valence-corrected chi connectivity index (χ2v) is 9.37. The number of aryl methyl sites for hydroxylation is 2. The lowest BCUT2D eigenvalue weighted by molar-refractivity contribution is -0.133. The van der Waals surface area contributed by atoms with Gasteiger partial charge in [0, 0.05) is 12.8 Å². The highest BCUT2D eigenvalue weighted by atomic mass is 35.5. The molecule has 26 heavy (non-hydrogen) atoms. The van der Waals surface area contributed by atoms with E-state index in [4.69, 9.17) is 11.6 Å². The van der Waals surface area contributed by atoms with Crippen LogP contribution in [-0.2, 0) is 19.4 Å². The van der Waals surface area contributed by atoms with E-state index in [-0.39, 0.29) is 36.0 Å². The first kappa shape index (κ1) is 18.8. The standard InChI is InChI=1S/C17H20ClN3O4S/c1-10-7-11(2)16(13(18)8-10)19-17(23)14-3-4-15(22)21(20-14)12-5-6-26(24,25)9-12/h7-8,12H,3-6,9H2,1-2H3,(H,19,23)/t12-/m1/s1. The van der Waals surface area contributed by atoms with Crippen LogP contribution in [0.25, 0.3) is 0 Å². The molecule has 0 radical (unpaired) electrons. The lowest BCUT2D eigenvalue weighted by Gasteiger charge is -2.27. The van der Waals surface area contributed by atoms with E-state index < -0.39 is 21.8 Å². The van der Waals surface area contributed by atoms with Gasteiger partial charge < -0.3 is 5.32 Å². The highest BCUT2D eigenvalue weighted by Gasteiger charge is 2.37. The summed E-state index contributed by atoms with van der Waals surface area (Å²) in [7, 11) is -3.15. The van der Waals surface area contributed by atoms with E-state index in [0.29, 0.717) is 17.1 Å². The molecule has 2 amide bonds. The Morgan fingerprint density at radius 2 is 2.04 bits per heavy atom. The maximum Gasteiger partial charge on any atom is 0.271 e. The maximum absolute atomic E-state index is 12.6. The molecule has 140 valence electrons. The highest BCUT2D eigenvalue weighted by Crippen LogP contribution is 2.28. The molecular formula is C17H20ClN3O4S. The third kappa shape index (κ3) is 3.91. The fourth-order valence-corrected chi connectivity index (χ4v) is 5.31. The number of hydrazone groups is 1. The fourth-order valence-electron chi connectivity index (χ4n) is 3.25. The average Bonchev–Trinajstić information content (AvgIpc) is 2.91. The van der Waals surface area contributed by atoms with Crippen LogP contribution in [-0.4, -0.2) is 48.5 Å². The lowest BCUT2D eigenvalue weighted by atomic mass is 10.1. The van der Waals surface area contributed by atoms with E-state index in [1.807, 2.05) is 19.9 Å². The van der Waals surface area contributed by atoms with Gasteiger partial charge in [0.2, 0.25) is 5.91 Å². The molecule has 0 unspecified atom stereocenters. The van der Waals surface area contributed by atoms with Crippen LogP contribution >= 0.6 is 11.6 Å². The van der Waals surface area contributed by atoms with E-state index in [2.05, 4.69) is 10.4 Å². The van der Waals surface area contributed by atoms with Gasteiger partial charge in [0.25, 0.3) is 5.91 Å². The number of carbonyl (C=O) groups is 2. The van der Waals surface area contributed by atoms with Crippen molar-refractivity contribution in [2.24, 2.45) is 5.10 Å². The Morgan fingerprint density at radius 1 is 1.31 bits per heavy atom. The summed E-state index contributed by atoms with van der Waals surface area (Å²) >= 11 is 6.22. The van der Waals surface area contributed by atoms with Crippen molar-refractivity contribution in [1.29, 1.82) is 0 Å². The Bertz CT molecular complexity index is 888. The highest BCUT2D eigenvalue weighted by molar-refractivity contribution is 7.91. The molecule has 7 nitrogen and oxygen atoms in total. The van der Waals surface area contributed by atoms with Crippen molar-refractivity contribution in [3.05, 3.63) is 28.3 Å². The number of rotatable bonds is 3. The van der Waals surface area contributed by atoms with Gasteiger partial charge in [-0.25, -0.2) is 13.4 Å². The average molecular weight is 398 g/mol. The van der Waals surface area contributed by atoms with Crippen LogP contribution in [0.3, 0.4) is 0 Å². The smallest absolute Gasteiger partial charge is 0.271 e. The molecule has 0 saturated carbocycles. The molecule has 1 aromatic rings. The molecule has 1 saturated heterocycles. The SMILES string of the molecule is Cc1cc(C)c(NC(=O)C2=NN([C@@H]3CCS(=O)(=O)C3)C(=O)CC2)c(Cl)c1. The Morgan fingerprint density at radius 3 is 2.65 bits per heavy atom. The van der Waals surface area contributed by atoms with Crippen molar-refractivity contribution in [3.63, 3.8) is 0 Å². The van der Waals surface area contributed by atoms with Gasteiger partial charge in [0.05, 0.1) is 28.3 Å². The number of halogens is 1. The minimum absolute atomic E-state index is 0.0384. The summed E-state index contributed by atoms with van der Waals surface area (Å²) in [4.78, 5) is 24.7.